The Morgan fingerprint density at radius 2 is 1.88 bits per heavy atom. The van der Waals surface area contributed by atoms with E-state index in [9.17, 15) is 13.5 Å². The molecule has 8 heteroatoms. The van der Waals surface area contributed by atoms with Gasteiger partial charge < -0.3 is 15.2 Å². The van der Waals surface area contributed by atoms with E-state index in [0.717, 1.165) is 10.9 Å². The van der Waals surface area contributed by atoms with Gasteiger partial charge in [-0.3, -0.25) is 4.99 Å². The molecule has 1 heterocycles. The summed E-state index contributed by atoms with van der Waals surface area (Å²) in [6.07, 6.45) is 1.48. The number of nitrogens with zero attached hydrogens (tertiary/aromatic N) is 1. The molecule has 0 fully saturated rings. The van der Waals surface area contributed by atoms with Crippen molar-refractivity contribution in [1.29, 1.82) is 0 Å². The minimum absolute atomic E-state index is 0.00734. The summed E-state index contributed by atoms with van der Waals surface area (Å²) >= 11 is 0. The number of benzene rings is 2. The zero-order valence-electron chi connectivity index (χ0n) is 12.5. The Morgan fingerprint density at radius 3 is 2.50 bits per heavy atom. The van der Waals surface area contributed by atoms with Crippen molar-refractivity contribution >= 4 is 32.8 Å². The van der Waals surface area contributed by atoms with Crippen LogP contribution < -0.4 is 5.14 Å². The molecule has 0 bridgehead atoms. The number of nitrogens with two attached hydrogens (primary N) is 1. The molecule has 1 aromatic heterocycles. The summed E-state index contributed by atoms with van der Waals surface area (Å²) in [6, 6.07) is 11.1. The van der Waals surface area contributed by atoms with Crippen molar-refractivity contribution in [2.45, 2.75) is 11.5 Å². The number of sulfonamides is 1. The van der Waals surface area contributed by atoms with E-state index in [1.165, 1.54) is 30.5 Å². The van der Waals surface area contributed by atoms with Crippen molar-refractivity contribution < 1.29 is 18.6 Å². The Hall–Kier alpha value is -2.68. The fraction of sp³-hybridized carbons (Fsp3) is 0.0625. The molecule has 3 aromatic rings. The lowest BCUT2D eigenvalue weighted by Gasteiger charge is -1.99. The third-order valence-electron chi connectivity index (χ3n) is 3.57. The van der Waals surface area contributed by atoms with Gasteiger partial charge in [-0.1, -0.05) is 12.1 Å². The highest BCUT2D eigenvalue weighted by atomic mass is 32.2. The SMILES string of the molecule is NS(=O)(=O)c1ccc(N=Cc2c(O)[nH]c3cc(CO)ccc23)cc1. The lowest BCUT2D eigenvalue weighted by molar-refractivity contribution is 0.282. The Kier molecular flexibility index (Phi) is 4.10. The summed E-state index contributed by atoms with van der Waals surface area (Å²) in [4.78, 5) is 7.07. The highest BCUT2D eigenvalue weighted by Crippen LogP contribution is 2.27. The lowest BCUT2D eigenvalue weighted by Crippen LogP contribution is -2.11. The predicted octanol–water partition coefficient (Wildman–Crippen LogP) is 1.76. The molecule has 2 aromatic carbocycles. The molecule has 0 amide bonds. The van der Waals surface area contributed by atoms with Gasteiger partial charge in [0.05, 0.1) is 22.8 Å². The van der Waals surface area contributed by atoms with Crippen LogP contribution in [0, 0.1) is 0 Å². The predicted molar refractivity (Wildman–Crippen MR) is 91.0 cm³/mol. The number of primary sulfonamides is 1. The number of H-pyrrole nitrogens is 1. The molecule has 124 valence electrons. The van der Waals surface area contributed by atoms with Crippen LogP contribution in [0.5, 0.6) is 5.88 Å². The number of aromatic amines is 1. The van der Waals surface area contributed by atoms with E-state index in [0.29, 0.717) is 16.8 Å². The topological polar surface area (TPSA) is 129 Å². The highest BCUT2D eigenvalue weighted by molar-refractivity contribution is 7.89. The van der Waals surface area contributed by atoms with Crippen LogP contribution in [-0.4, -0.2) is 29.8 Å². The van der Waals surface area contributed by atoms with Gasteiger partial charge in [-0.15, -0.1) is 0 Å². The van der Waals surface area contributed by atoms with Gasteiger partial charge >= 0.3 is 0 Å². The van der Waals surface area contributed by atoms with E-state index in [4.69, 9.17) is 10.2 Å². The Balaban J connectivity index is 1.94. The third-order valence-corrected chi connectivity index (χ3v) is 4.50. The van der Waals surface area contributed by atoms with Crippen LogP contribution >= 0.6 is 0 Å². The number of hydrogen-bond donors (Lipinski definition) is 4. The lowest BCUT2D eigenvalue weighted by atomic mass is 10.1. The zero-order valence-corrected chi connectivity index (χ0v) is 13.3. The summed E-state index contributed by atoms with van der Waals surface area (Å²) < 4.78 is 22.4. The third kappa shape index (κ3) is 3.16. The minimum Gasteiger partial charge on any atom is -0.494 e. The van der Waals surface area contributed by atoms with Gasteiger partial charge in [0.2, 0.25) is 10.0 Å². The van der Waals surface area contributed by atoms with E-state index >= 15 is 0 Å². The Bertz CT molecular complexity index is 1020. The van der Waals surface area contributed by atoms with Gasteiger partial charge in [0.1, 0.15) is 0 Å². The molecule has 0 aliphatic heterocycles. The van der Waals surface area contributed by atoms with E-state index in [1.54, 1.807) is 18.2 Å². The second-order valence-electron chi connectivity index (χ2n) is 5.22. The molecule has 0 atom stereocenters. The molecule has 0 saturated carbocycles. The van der Waals surface area contributed by atoms with Gasteiger partial charge in [0.25, 0.3) is 0 Å². The molecule has 0 unspecified atom stereocenters. The van der Waals surface area contributed by atoms with E-state index in [-0.39, 0.29) is 17.4 Å². The molecule has 3 rings (SSSR count). The molecular weight excluding hydrogens is 330 g/mol. The van der Waals surface area contributed by atoms with Crippen molar-refractivity contribution in [2.24, 2.45) is 10.1 Å². The van der Waals surface area contributed by atoms with E-state index in [2.05, 4.69) is 9.98 Å². The number of aliphatic imine (C=N–C) groups is 1. The summed E-state index contributed by atoms with van der Waals surface area (Å²) in [5.41, 5.74) is 2.43. The molecule has 0 aliphatic carbocycles. The minimum atomic E-state index is -3.74. The molecule has 5 N–H and O–H groups in total. The van der Waals surface area contributed by atoms with Crippen molar-refractivity contribution in [2.75, 3.05) is 0 Å². The largest absolute Gasteiger partial charge is 0.494 e. The van der Waals surface area contributed by atoms with Crippen molar-refractivity contribution in [1.82, 2.24) is 4.98 Å². The summed E-state index contributed by atoms with van der Waals surface area (Å²) in [5, 5.41) is 25.0. The number of aliphatic hydroxyl groups is 1. The van der Waals surface area contributed by atoms with Crippen molar-refractivity contribution in [3.63, 3.8) is 0 Å². The van der Waals surface area contributed by atoms with Crippen LogP contribution in [0.3, 0.4) is 0 Å². The molecule has 0 aliphatic rings. The average molecular weight is 345 g/mol. The summed E-state index contributed by atoms with van der Waals surface area (Å²) in [6.45, 7) is -0.0878. The molecule has 0 radical (unpaired) electrons. The van der Waals surface area contributed by atoms with Gasteiger partial charge in [0, 0.05) is 17.1 Å². The van der Waals surface area contributed by atoms with E-state index in [1.807, 2.05) is 0 Å². The Morgan fingerprint density at radius 1 is 1.17 bits per heavy atom. The summed E-state index contributed by atoms with van der Waals surface area (Å²) in [5.74, 6) is -0.0370. The normalized spacial score (nSPS) is 12.2. The van der Waals surface area contributed by atoms with Gasteiger partial charge in [-0.05, 0) is 35.9 Å². The second-order valence-corrected chi connectivity index (χ2v) is 6.78. The molecule has 24 heavy (non-hydrogen) atoms. The molecule has 7 nitrogen and oxygen atoms in total. The van der Waals surface area contributed by atoms with Crippen molar-refractivity contribution in [3.05, 3.63) is 53.6 Å². The second kappa shape index (κ2) is 6.08. The summed E-state index contributed by atoms with van der Waals surface area (Å²) in [7, 11) is -3.74. The number of fused-ring (bicyclic) bond motifs is 1. The first-order valence-electron chi connectivity index (χ1n) is 7.00. The average Bonchev–Trinajstić information content (AvgIpc) is 2.86. The molecule has 0 saturated heterocycles. The fourth-order valence-corrected chi connectivity index (χ4v) is 2.86. The maximum Gasteiger partial charge on any atom is 0.238 e. The number of aromatic hydroxyl groups is 1. The van der Waals surface area contributed by atoms with Crippen LogP contribution in [0.2, 0.25) is 0 Å². The van der Waals surface area contributed by atoms with Crippen LogP contribution in [0.4, 0.5) is 5.69 Å². The molecule has 0 spiro atoms. The quantitative estimate of drug-likeness (QED) is 0.537. The van der Waals surface area contributed by atoms with Crippen LogP contribution in [-0.2, 0) is 16.6 Å². The van der Waals surface area contributed by atoms with Crippen LogP contribution in [0.15, 0.2) is 52.4 Å². The number of aromatic nitrogens is 1. The molecular formula is C16H15N3O4S. The van der Waals surface area contributed by atoms with Gasteiger partial charge in [0.15, 0.2) is 5.88 Å². The highest BCUT2D eigenvalue weighted by Gasteiger charge is 2.10. The number of hydrogen-bond acceptors (Lipinski definition) is 5. The first-order valence-corrected chi connectivity index (χ1v) is 8.54. The van der Waals surface area contributed by atoms with Crippen molar-refractivity contribution in [3.8, 4) is 5.88 Å². The number of rotatable bonds is 4. The maximum atomic E-state index is 11.2. The smallest absolute Gasteiger partial charge is 0.238 e. The monoisotopic (exact) mass is 345 g/mol. The van der Waals surface area contributed by atoms with Crippen LogP contribution in [0.25, 0.3) is 10.9 Å². The zero-order chi connectivity index (χ0) is 17.3. The fourth-order valence-electron chi connectivity index (χ4n) is 2.34. The first kappa shape index (κ1) is 16.2. The number of aliphatic hydroxyl groups excluding tert-OH is 1. The van der Waals surface area contributed by atoms with Crippen LogP contribution in [0.1, 0.15) is 11.1 Å². The van der Waals surface area contributed by atoms with Gasteiger partial charge in [-0.2, -0.15) is 0 Å². The van der Waals surface area contributed by atoms with Gasteiger partial charge in [-0.25, -0.2) is 13.6 Å². The number of nitrogens with one attached hydrogen (secondary N) is 1. The maximum absolute atomic E-state index is 11.2. The Labute approximate surface area is 138 Å². The standard InChI is InChI=1S/C16H15N3O4S/c17-24(22,23)12-4-2-11(3-5-12)18-8-14-13-6-1-10(9-20)7-15(13)19-16(14)21/h1-8,19-21H,9H2,(H2,17,22,23). The first-order chi connectivity index (χ1) is 11.4. The van der Waals surface area contributed by atoms with E-state index < -0.39 is 10.0 Å².